The number of anilines is 3. The van der Waals surface area contributed by atoms with Crippen LogP contribution in [0.4, 0.5) is 21.4 Å². The monoisotopic (exact) mass is 1470 g/mol. The van der Waals surface area contributed by atoms with E-state index in [-0.39, 0.29) is 90.9 Å². The third kappa shape index (κ3) is 16.9. The fourth-order valence-corrected chi connectivity index (χ4v) is 17.8. The Labute approximate surface area is 607 Å². The number of pyridine rings is 1. The molecule has 3 aliphatic heterocycles. The number of ether oxygens (including phenoxy) is 5. The van der Waals surface area contributed by atoms with Crippen LogP contribution in [0.3, 0.4) is 0 Å². The highest BCUT2D eigenvalue weighted by molar-refractivity contribution is 7.22. The number of carbonyl (C=O) groups excluding carboxylic acids is 5. The molecule has 3 aromatic carbocycles. The first kappa shape index (κ1) is 74.8. The molecule has 3 unspecified atom stereocenters. The Kier molecular flexibility index (Phi) is 22.1. The van der Waals surface area contributed by atoms with Crippen LogP contribution in [-0.2, 0) is 57.7 Å². The van der Waals surface area contributed by atoms with E-state index in [1.807, 2.05) is 40.8 Å². The number of aromatic carboxylic acids is 1. The second-order valence-electron chi connectivity index (χ2n) is 29.0. The average Bonchev–Trinajstić information content (AvgIpc) is 1.46. The zero-order chi connectivity index (χ0) is 74.7. The van der Waals surface area contributed by atoms with Crippen LogP contribution < -0.4 is 30.3 Å². The fourth-order valence-electron chi connectivity index (χ4n) is 16.9. The summed E-state index contributed by atoms with van der Waals surface area (Å²) in [6.07, 6.45) is 3.69. The van der Waals surface area contributed by atoms with Gasteiger partial charge in [-0.1, -0.05) is 55.9 Å². The van der Waals surface area contributed by atoms with Gasteiger partial charge in [0.1, 0.15) is 48.5 Å². The molecule has 4 bridgehead atoms. The van der Waals surface area contributed by atoms with Crippen molar-refractivity contribution in [1.29, 1.82) is 0 Å². The van der Waals surface area contributed by atoms with E-state index < -0.39 is 85.0 Å². The van der Waals surface area contributed by atoms with Crippen LogP contribution in [0.1, 0.15) is 128 Å². The molecule has 0 radical (unpaired) electrons. The lowest BCUT2D eigenvalue weighted by Crippen LogP contribution is -2.64. The molecule has 558 valence electrons. The number of amides is 5. The van der Waals surface area contributed by atoms with Crippen molar-refractivity contribution < 1.29 is 97.8 Å². The van der Waals surface area contributed by atoms with E-state index in [0.29, 0.717) is 95.4 Å². The number of thiazole rings is 1. The quantitative estimate of drug-likeness (QED) is 0.0208. The molecule has 5 amide bonds. The molecule has 105 heavy (non-hydrogen) atoms. The number of benzene rings is 3. The van der Waals surface area contributed by atoms with Gasteiger partial charge in [-0.25, -0.2) is 29.1 Å². The van der Waals surface area contributed by atoms with Crippen molar-refractivity contribution in [3.05, 3.63) is 125 Å². The number of carboxylic acid groups (broad SMARTS) is 3. The number of carbonyl (C=O) groups is 8. The Bertz CT molecular complexity index is 4350. The SMILES string of the molecule is Cc1c(-c2ccc(N3CCc4c(OCC(=O)O)ccc(C(=O)Nc5nc6ccccc6s5)c4C3)nc2C(=O)O)cnn1CC12CC3(C)CC(C)(C1)CC(OCCN(C)C(=O)OC/C=C/c1ccc(O[C@@H]4O[C@H](C(=O)O)[C@@H](O)[C@H](O)[C@H]4O)c(NC(=O)CCNC(=O)CCCCCN4C(=O)C=CC4O)c1)(C3)C2. The summed E-state index contributed by atoms with van der Waals surface area (Å²) in [6, 6.07) is 18.6. The molecule has 6 heterocycles. The number of nitrogens with zero attached hydrogens (tertiary/aromatic N) is 7. The summed E-state index contributed by atoms with van der Waals surface area (Å²) in [5, 5.41) is 84.9. The number of likely N-dealkylation sites (N-methyl/N-ethyl adjacent to an activating group) is 1. The van der Waals surface area contributed by atoms with Crippen LogP contribution in [0.2, 0.25) is 0 Å². The van der Waals surface area contributed by atoms with E-state index in [0.717, 1.165) is 54.4 Å². The lowest BCUT2D eigenvalue weighted by Gasteiger charge is -2.69. The molecule has 4 aliphatic carbocycles. The van der Waals surface area contributed by atoms with E-state index in [1.165, 1.54) is 45.4 Å². The van der Waals surface area contributed by atoms with Crippen LogP contribution in [0.15, 0.2) is 91.2 Å². The van der Waals surface area contributed by atoms with Crippen LogP contribution >= 0.6 is 11.3 Å². The van der Waals surface area contributed by atoms with Crippen molar-refractivity contribution in [3.8, 4) is 22.6 Å². The van der Waals surface area contributed by atoms with Crippen molar-refractivity contribution in [3.63, 3.8) is 0 Å². The highest BCUT2D eigenvalue weighted by Gasteiger charge is 2.66. The largest absolute Gasteiger partial charge is 0.482 e. The minimum absolute atomic E-state index is 0.0209. The topological polar surface area (TPSA) is 414 Å². The Balaban J connectivity index is 0.658. The van der Waals surface area contributed by atoms with Gasteiger partial charge in [0.25, 0.3) is 5.91 Å². The summed E-state index contributed by atoms with van der Waals surface area (Å²) >= 11 is 1.33. The maximum absolute atomic E-state index is 14.0. The number of para-hydroxylation sites is 1. The molecular weight excluding hydrogens is 1380 g/mol. The van der Waals surface area contributed by atoms with Crippen LogP contribution in [-0.4, -0.2) is 209 Å². The summed E-state index contributed by atoms with van der Waals surface area (Å²) < 4.78 is 32.3. The highest BCUT2D eigenvalue weighted by Crippen LogP contribution is 2.72. The number of aliphatic carboxylic acids is 2. The standard InChI is InChI=1S/C74H86N10O20S/c1-42-47(45-17-20-54(79-60(45)66(95)96)82-27-24-44-48(33-82)46(16-19-51(44)101-34-59(89)90)65(94)80-69-78-49-12-7-8-13-53(49)105-69)32-76-84(42)41-73-36-71(2)35-72(3,37-73)39-74(38-71,40-73)102-30-28-81(4)70(99)100-29-10-11-43-15-18-52(103-68-63(93)61(91)62(92)64(104-68)67(97)98)50(31-43)77-56(86)23-25-75-55(85)14-6-5-9-26-83-57(87)21-22-58(83)88/h7-8,10-13,15-22,31-32,57,61-64,68,87,91-93H,5-6,9,14,23-30,33-41H2,1-4H3,(H,75,85)(H,77,86)(H,89,90)(H,95,96)(H,97,98)(H,78,80,94)/b11-10+/t57?,61-,62-,63+,64-,68+,71?,72?,73?,74?/m0/s1. The van der Waals surface area contributed by atoms with Gasteiger partial charge in [0.05, 0.1) is 34.3 Å². The van der Waals surface area contributed by atoms with Gasteiger partial charge < -0.3 is 84.8 Å². The van der Waals surface area contributed by atoms with E-state index in [4.69, 9.17) is 33.8 Å². The van der Waals surface area contributed by atoms with Crippen molar-refractivity contribution in [2.45, 2.75) is 153 Å². The van der Waals surface area contributed by atoms with E-state index in [2.05, 4.69) is 34.8 Å². The predicted octanol–water partition coefficient (Wildman–Crippen LogP) is 6.75. The maximum atomic E-state index is 14.0. The second kappa shape index (κ2) is 31.0. The molecule has 0 spiro atoms. The van der Waals surface area contributed by atoms with E-state index in [1.54, 1.807) is 55.7 Å². The molecule has 30 nitrogen and oxygen atoms in total. The minimum Gasteiger partial charge on any atom is -0.482 e. The first-order valence-corrected chi connectivity index (χ1v) is 35.7. The molecule has 13 rings (SSSR count). The normalized spacial score (nSPS) is 25.1. The first-order chi connectivity index (χ1) is 50.1. The van der Waals surface area contributed by atoms with Crippen molar-refractivity contribution in [2.75, 3.05) is 68.6 Å². The average molecular weight is 1470 g/mol. The molecule has 1 saturated heterocycles. The number of hydrogen-bond donors (Lipinski definition) is 10. The zero-order valence-corrected chi connectivity index (χ0v) is 59.3. The summed E-state index contributed by atoms with van der Waals surface area (Å²) in [5.74, 6) is -5.01. The Morgan fingerprint density at radius 3 is 2.32 bits per heavy atom. The minimum atomic E-state index is -1.98. The Hall–Kier alpha value is -9.89. The number of aliphatic hydroxyl groups is 4. The van der Waals surface area contributed by atoms with Crippen LogP contribution in [0, 0.1) is 23.2 Å². The van der Waals surface area contributed by atoms with Gasteiger partial charge in [-0.05, 0) is 153 Å². The van der Waals surface area contributed by atoms with Gasteiger partial charge in [0, 0.05) is 93.2 Å². The predicted molar refractivity (Wildman–Crippen MR) is 380 cm³/mol. The summed E-state index contributed by atoms with van der Waals surface area (Å²) in [4.78, 5) is 116. The summed E-state index contributed by atoms with van der Waals surface area (Å²) in [5.41, 5.74) is 3.55. The van der Waals surface area contributed by atoms with Gasteiger partial charge in [0.2, 0.25) is 24.0 Å². The number of rotatable bonds is 30. The molecule has 7 aliphatic rings. The number of nitrogens with one attached hydrogen (secondary N) is 3. The fraction of sp³-hybridized carbons (Fsp3) is 0.473. The van der Waals surface area contributed by atoms with Crippen molar-refractivity contribution >= 4 is 91.9 Å². The molecule has 10 N–H and O–H groups in total. The van der Waals surface area contributed by atoms with Gasteiger partial charge in [-0.15, -0.1) is 0 Å². The van der Waals surface area contributed by atoms with Crippen molar-refractivity contribution in [1.82, 2.24) is 34.9 Å². The molecule has 5 fully saturated rings. The summed E-state index contributed by atoms with van der Waals surface area (Å²) in [7, 11) is 1.62. The molecule has 8 atom stereocenters. The molecule has 4 saturated carbocycles. The molecular formula is C74H86N10O20S. The van der Waals surface area contributed by atoms with Gasteiger partial charge in [-0.3, -0.25) is 29.2 Å². The third-order valence-corrected chi connectivity index (χ3v) is 21.5. The third-order valence-electron chi connectivity index (χ3n) is 20.5. The maximum Gasteiger partial charge on any atom is 0.409 e. The number of aliphatic hydroxyl groups excluding tert-OH is 4. The number of unbranched alkanes of at least 4 members (excludes halogenated alkanes) is 2. The van der Waals surface area contributed by atoms with E-state index >= 15 is 0 Å². The van der Waals surface area contributed by atoms with Gasteiger partial charge >= 0.3 is 24.0 Å². The van der Waals surface area contributed by atoms with Crippen molar-refractivity contribution in [2.24, 2.45) is 16.2 Å². The Morgan fingerprint density at radius 2 is 1.59 bits per heavy atom. The highest BCUT2D eigenvalue weighted by atomic mass is 32.1. The zero-order valence-electron chi connectivity index (χ0n) is 58.5. The lowest BCUT2D eigenvalue weighted by atomic mass is 9.39. The first-order valence-electron chi connectivity index (χ1n) is 34.9. The summed E-state index contributed by atoms with van der Waals surface area (Å²) in [6.45, 7) is 7.63. The molecule has 6 aromatic rings. The number of aromatic nitrogens is 4. The van der Waals surface area contributed by atoms with Gasteiger partial charge in [0.15, 0.2) is 23.5 Å². The van der Waals surface area contributed by atoms with Gasteiger partial charge in [-0.2, -0.15) is 5.10 Å². The number of carboxylic acids is 3. The molecule has 3 aromatic heterocycles. The molecule has 31 heteroatoms. The number of fused-ring (bicyclic) bond motifs is 2. The van der Waals surface area contributed by atoms with Crippen LogP contribution in [0.5, 0.6) is 11.5 Å². The van der Waals surface area contributed by atoms with E-state index in [9.17, 15) is 74.1 Å². The Morgan fingerprint density at radius 1 is 0.819 bits per heavy atom. The number of hydrogen-bond acceptors (Lipinski definition) is 22. The lowest BCUT2D eigenvalue weighted by molar-refractivity contribution is -0.271. The van der Waals surface area contributed by atoms with Crippen LogP contribution in [0.25, 0.3) is 27.4 Å². The second-order valence-corrected chi connectivity index (χ2v) is 30.1. The smallest absolute Gasteiger partial charge is 0.409 e.